The van der Waals surface area contributed by atoms with E-state index in [2.05, 4.69) is 19.2 Å². The standard InChI is InChI=1S/C20H25ClN2O2S/c1-12-5-4-6-16(13(12)2)22-19(24)11-26-18-10-20(25)23(3)17-8-7-14(21)9-15(17)18/h7-10,12-13,16H,4-6,11H2,1-3H3,(H,22,24)/t12-,13+,16+/m1/s1. The van der Waals surface area contributed by atoms with Crippen LogP contribution in [0.1, 0.15) is 33.1 Å². The largest absolute Gasteiger partial charge is 0.352 e. The zero-order chi connectivity index (χ0) is 18.8. The van der Waals surface area contributed by atoms with E-state index in [1.165, 1.54) is 24.6 Å². The van der Waals surface area contributed by atoms with E-state index in [0.29, 0.717) is 22.6 Å². The van der Waals surface area contributed by atoms with Crippen molar-refractivity contribution in [3.05, 3.63) is 39.6 Å². The van der Waals surface area contributed by atoms with E-state index >= 15 is 0 Å². The molecule has 1 N–H and O–H groups in total. The molecule has 0 bridgehead atoms. The highest BCUT2D eigenvalue weighted by Crippen LogP contribution is 2.31. The highest BCUT2D eigenvalue weighted by Gasteiger charge is 2.28. The molecule has 140 valence electrons. The first-order chi connectivity index (χ1) is 12.4. The van der Waals surface area contributed by atoms with E-state index in [-0.39, 0.29) is 17.5 Å². The van der Waals surface area contributed by atoms with Gasteiger partial charge in [0.05, 0.1) is 11.3 Å². The Kier molecular flexibility index (Phi) is 5.98. The number of thioether (sulfide) groups is 1. The topological polar surface area (TPSA) is 51.1 Å². The van der Waals surface area contributed by atoms with Gasteiger partial charge in [0.2, 0.25) is 5.91 Å². The summed E-state index contributed by atoms with van der Waals surface area (Å²) in [5.41, 5.74) is 0.733. The predicted molar refractivity (Wildman–Crippen MR) is 109 cm³/mol. The van der Waals surface area contributed by atoms with Crippen molar-refractivity contribution in [2.45, 2.75) is 44.0 Å². The van der Waals surface area contributed by atoms with Crippen LogP contribution in [0, 0.1) is 11.8 Å². The summed E-state index contributed by atoms with van der Waals surface area (Å²) < 4.78 is 1.60. The van der Waals surface area contributed by atoms with E-state index in [1.807, 2.05) is 12.1 Å². The van der Waals surface area contributed by atoms with Gasteiger partial charge in [0.1, 0.15) is 0 Å². The summed E-state index contributed by atoms with van der Waals surface area (Å²) in [6.45, 7) is 4.48. The third-order valence-corrected chi connectivity index (χ3v) is 6.87. The fraction of sp³-hybridized carbons (Fsp3) is 0.500. The Bertz CT molecular complexity index is 880. The normalized spacial score (nSPS) is 23.2. The Morgan fingerprint density at radius 2 is 2.08 bits per heavy atom. The second kappa shape index (κ2) is 8.05. The summed E-state index contributed by atoms with van der Waals surface area (Å²) in [7, 11) is 1.74. The lowest BCUT2D eigenvalue weighted by Crippen LogP contribution is -2.44. The highest BCUT2D eigenvalue weighted by atomic mass is 35.5. The Morgan fingerprint density at radius 1 is 1.31 bits per heavy atom. The molecule has 4 nitrogen and oxygen atoms in total. The number of rotatable bonds is 4. The monoisotopic (exact) mass is 392 g/mol. The Hall–Kier alpha value is -1.46. The van der Waals surface area contributed by atoms with Crippen LogP contribution < -0.4 is 10.9 Å². The van der Waals surface area contributed by atoms with Crippen molar-refractivity contribution in [1.82, 2.24) is 9.88 Å². The number of amides is 1. The minimum atomic E-state index is -0.0857. The molecule has 26 heavy (non-hydrogen) atoms. The molecule has 1 amide bonds. The molecule has 0 aliphatic heterocycles. The fourth-order valence-electron chi connectivity index (χ4n) is 3.70. The molecule has 0 unspecified atom stereocenters. The molecule has 2 aromatic rings. The van der Waals surface area contributed by atoms with Crippen molar-refractivity contribution in [3.63, 3.8) is 0 Å². The zero-order valence-corrected chi connectivity index (χ0v) is 17.0. The lowest BCUT2D eigenvalue weighted by molar-refractivity contribution is -0.119. The van der Waals surface area contributed by atoms with Crippen LogP contribution in [0.3, 0.4) is 0 Å². The lowest BCUT2D eigenvalue weighted by atomic mass is 9.78. The Balaban J connectivity index is 1.73. The van der Waals surface area contributed by atoms with Gasteiger partial charge < -0.3 is 9.88 Å². The molecule has 3 rings (SSSR count). The van der Waals surface area contributed by atoms with Gasteiger partial charge in [-0.05, 0) is 36.5 Å². The lowest BCUT2D eigenvalue weighted by Gasteiger charge is -2.34. The molecule has 0 saturated heterocycles. The highest BCUT2D eigenvalue weighted by molar-refractivity contribution is 8.00. The Morgan fingerprint density at radius 3 is 2.85 bits per heavy atom. The number of fused-ring (bicyclic) bond motifs is 1. The number of pyridine rings is 1. The molecular formula is C20H25ClN2O2S. The summed E-state index contributed by atoms with van der Waals surface area (Å²) in [5.74, 6) is 1.47. The van der Waals surface area contributed by atoms with Gasteiger partial charge in [-0.1, -0.05) is 38.3 Å². The Labute approximate surface area is 163 Å². The van der Waals surface area contributed by atoms with Crippen LogP contribution in [0.4, 0.5) is 0 Å². The number of nitrogens with zero attached hydrogens (tertiary/aromatic N) is 1. The van der Waals surface area contributed by atoms with Crippen molar-refractivity contribution < 1.29 is 4.79 Å². The molecule has 1 aliphatic carbocycles. The van der Waals surface area contributed by atoms with Crippen molar-refractivity contribution >= 4 is 40.2 Å². The average molecular weight is 393 g/mol. The number of aromatic nitrogens is 1. The number of nitrogens with one attached hydrogen (secondary N) is 1. The van der Waals surface area contributed by atoms with E-state index in [4.69, 9.17) is 11.6 Å². The molecular weight excluding hydrogens is 368 g/mol. The minimum Gasteiger partial charge on any atom is -0.352 e. The van der Waals surface area contributed by atoms with Gasteiger partial charge in [0, 0.05) is 34.5 Å². The van der Waals surface area contributed by atoms with Gasteiger partial charge in [-0.2, -0.15) is 0 Å². The number of hydrogen-bond acceptors (Lipinski definition) is 3. The second-order valence-corrected chi connectivity index (χ2v) is 8.75. The molecule has 1 heterocycles. The predicted octanol–water partition coefficient (Wildman–Crippen LogP) is 4.22. The van der Waals surface area contributed by atoms with E-state index in [9.17, 15) is 9.59 Å². The smallest absolute Gasteiger partial charge is 0.251 e. The summed E-state index contributed by atoms with van der Waals surface area (Å²) >= 11 is 7.52. The van der Waals surface area contributed by atoms with Gasteiger partial charge in [-0.15, -0.1) is 11.8 Å². The quantitative estimate of drug-likeness (QED) is 0.792. The van der Waals surface area contributed by atoms with Crippen LogP contribution in [-0.2, 0) is 11.8 Å². The molecule has 1 aliphatic rings. The molecule has 1 fully saturated rings. The van der Waals surface area contributed by atoms with E-state index in [1.54, 1.807) is 23.7 Å². The first kappa shape index (κ1) is 19.3. The van der Waals surface area contributed by atoms with E-state index in [0.717, 1.165) is 22.2 Å². The van der Waals surface area contributed by atoms with Gasteiger partial charge in [-0.3, -0.25) is 9.59 Å². The van der Waals surface area contributed by atoms with E-state index < -0.39 is 0 Å². The summed E-state index contributed by atoms with van der Waals surface area (Å²) in [5, 5.41) is 4.70. The zero-order valence-electron chi connectivity index (χ0n) is 15.4. The molecule has 0 radical (unpaired) electrons. The first-order valence-electron chi connectivity index (χ1n) is 9.08. The summed E-state index contributed by atoms with van der Waals surface area (Å²) in [4.78, 5) is 25.4. The first-order valence-corrected chi connectivity index (χ1v) is 10.4. The molecule has 1 aromatic carbocycles. The van der Waals surface area contributed by atoms with Crippen molar-refractivity contribution in [2.24, 2.45) is 18.9 Å². The molecule has 1 aromatic heterocycles. The SMILES string of the molecule is C[C@H]1[C@H](C)CCC[C@@H]1NC(=O)CSc1cc(=O)n(C)c2ccc(Cl)cc12. The third-order valence-electron chi connectivity index (χ3n) is 5.58. The maximum Gasteiger partial charge on any atom is 0.251 e. The molecule has 6 heteroatoms. The number of halogens is 1. The van der Waals surface area contributed by atoms with Crippen LogP contribution >= 0.6 is 23.4 Å². The van der Waals surface area contributed by atoms with Crippen molar-refractivity contribution in [3.8, 4) is 0 Å². The van der Waals surface area contributed by atoms with Gasteiger partial charge in [0.25, 0.3) is 5.56 Å². The maximum absolute atomic E-state index is 12.5. The number of carbonyl (C=O) groups excluding carboxylic acids is 1. The minimum absolute atomic E-state index is 0.0248. The second-order valence-electron chi connectivity index (χ2n) is 7.30. The average Bonchev–Trinajstić information content (AvgIpc) is 2.61. The van der Waals surface area contributed by atoms with Crippen molar-refractivity contribution in [1.29, 1.82) is 0 Å². The van der Waals surface area contributed by atoms with Gasteiger partial charge in [0.15, 0.2) is 0 Å². The number of hydrogen-bond donors (Lipinski definition) is 1. The van der Waals surface area contributed by atoms with Crippen LogP contribution in [0.25, 0.3) is 10.9 Å². The number of benzene rings is 1. The maximum atomic E-state index is 12.5. The van der Waals surface area contributed by atoms with Crippen LogP contribution in [0.5, 0.6) is 0 Å². The fourth-order valence-corrected chi connectivity index (χ4v) is 4.75. The third kappa shape index (κ3) is 4.09. The number of aryl methyl sites for hydroxylation is 1. The van der Waals surface area contributed by atoms with Crippen LogP contribution in [-0.4, -0.2) is 22.3 Å². The summed E-state index contributed by atoms with van der Waals surface area (Å²) in [6.07, 6.45) is 3.45. The molecule has 3 atom stereocenters. The summed E-state index contributed by atoms with van der Waals surface area (Å²) in [6, 6.07) is 7.30. The van der Waals surface area contributed by atoms with Crippen LogP contribution in [0.2, 0.25) is 5.02 Å². The van der Waals surface area contributed by atoms with Crippen molar-refractivity contribution in [2.75, 3.05) is 5.75 Å². The molecule has 0 spiro atoms. The molecule has 1 saturated carbocycles. The van der Waals surface area contributed by atoms with Gasteiger partial charge >= 0.3 is 0 Å². The number of carbonyl (C=O) groups is 1. The van der Waals surface area contributed by atoms with Gasteiger partial charge in [-0.25, -0.2) is 0 Å². The van der Waals surface area contributed by atoms with Crippen LogP contribution in [0.15, 0.2) is 34.0 Å².